The highest BCUT2D eigenvalue weighted by Gasteiger charge is 2.26. The van der Waals surface area contributed by atoms with Crippen LogP contribution < -0.4 is 5.43 Å². The van der Waals surface area contributed by atoms with Gasteiger partial charge in [0, 0.05) is 17.4 Å². The van der Waals surface area contributed by atoms with Crippen LogP contribution in [0.15, 0.2) is 46.9 Å². The van der Waals surface area contributed by atoms with Gasteiger partial charge in [0.05, 0.1) is 22.2 Å². The number of nitro groups is 1. The first kappa shape index (κ1) is 11.9. The molecule has 0 aliphatic carbocycles. The Bertz CT molecular complexity index is 637. The maximum atomic E-state index is 11.0. The second-order valence-electron chi connectivity index (χ2n) is 4.23. The van der Waals surface area contributed by atoms with Crippen molar-refractivity contribution in [2.75, 3.05) is 0 Å². The molecule has 96 valence electrons. The van der Waals surface area contributed by atoms with E-state index >= 15 is 0 Å². The smallest absolute Gasteiger partial charge is 0.278 e. The predicted octanol–water partition coefficient (Wildman–Crippen LogP) is 3.10. The summed E-state index contributed by atoms with van der Waals surface area (Å²) in [5.41, 5.74) is 4.49. The Morgan fingerprint density at radius 3 is 2.89 bits per heavy atom. The van der Waals surface area contributed by atoms with E-state index in [2.05, 4.69) is 10.5 Å². The van der Waals surface area contributed by atoms with Gasteiger partial charge in [0.15, 0.2) is 0 Å². The third kappa shape index (κ3) is 2.22. The van der Waals surface area contributed by atoms with E-state index in [1.54, 1.807) is 29.5 Å². The van der Waals surface area contributed by atoms with Gasteiger partial charge in [-0.1, -0.05) is 18.2 Å². The Hall–Kier alpha value is -2.21. The summed E-state index contributed by atoms with van der Waals surface area (Å²) in [5, 5.41) is 17.3. The lowest BCUT2D eigenvalue weighted by Crippen LogP contribution is -2.08. The standard InChI is InChI=1S/C13H11N3O2S/c17-16(18)12-5-2-1-4-9(12)10-8-11(15-14-10)13-6-3-7-19-13/h1-7,11,15H,8H2. The Morgan fingerprint density at radius 2 is 2.16 bits per heavy atom. The van der Waals surface area contributed by atoms with Crippen LogP contribution in [0.5, 0.6) is 0 Å². The zero-order valence-electron chi connectivity index (χ0n) is 9.95. The minimum atomic E-state index is -0.365. The molecule has 0 spiro atoms. The molecule has 2 heterocycles. The summed E-state index contributed by atoms with van der Waals surface area (Å²) in [6.07, 6.45) is 0.672. The van der Waals surface area contributed by atoms with E-state index in [0.717, 1.165) is 5.71 Å². The maximum Gasteiger partial charge on any atom is 0.278 e. The first-order valence-electron chi connectivity index (χ1n) is 5.85. The van der Waals surface area contributed by atoms with Crippen LogP contribution in [-0.2, 0) is 0 Å². The largest absolute Gasteiger partial charge is 0.301 e. The molecule has 0 bridgehead atoms. The van der Waals surface area contributed by atoms with Gasteiger partial charge in [0.25, 0.3) is 5.69 Å². The number of hydrazone groups is 1. The first-order chi connectivity index (χ1) is 9.25. The van der Waals surface area contributed by atoms with E-state index in [1.807, 2.05) is 17.5 Å². The Morgan fingerprint density at radius 1 is 1.32 bits per heavy atom. The van der Waals surface area contributed by atoms with Crippen LogP contribution >= 0.6 is 11.3 Å². The number of benzene rings is 1. The SMILES string of the molecule is O=[N+]([O-])c1ccccc1C1=NNC(c2cccs2)C1. The van der Waals surface area contributed by atoms with Crippen molar-refractivity contribution in [1.29, 1.82) is 0 Å². The quantitative estimate of drug-likeness (QED) is 0.690. The van der Waals surface area contributed by atoms with Gasteiger partial charge < -0.3 is 5.43 Å². The molecule has 0 saturated heterocycles. The molecular formula is C13H11N3O2S. The van der Waals surface area contributed by atoms with Gasteiger partial charge in [0.2, 0.25) is 0 Å². The van der Waals surface area contributed by atoms with E-state index < -0.39 is 0 Å². The molecule has 19 heavy (non-hydrogen) atoms. The molecule has 1 aliphatic rings. The van der Waals surface area contributed by atoms with E-state index in [9.17, 15) is 10.1 Å². The van der Waals surface area contributed by atoms with Crippen LogP contribution in [0.2, 0.25) is 0 Å². The average molecular weight is 273 g/mol. The number of thiophene rings is 1. The summed E-state index contributed by atoms with van der Waals surface area (Å²) < 4.78 is 0. The molecule has 1 aromatic carbocycles. The lowest BCUT2D eigenvalue weighted by molar-refractivity contribution is -0.385. The van der Waals surface area contributed by atoms with Crippen LogP contribution in [-0.4, -0.2) is 10.6 Å². The van der Waals surface area contributed by atoms with Crippen LogP contribution in [0, 0.1) is 10.1 Å². The summed E-state index contributed by atoms with van der Waals surface area (Å²) in [6, 6.07) is 10.9. The van der Waals surface area contributed by atoms with Gasteiger partial charge >= 0.3 is 0 Å². The molecule has 0 radical (unpaired) electrons. The Labute approximate surface area is 113 Å². The van der Waals surface area contributed by atoms with Crippen molar-refractivity contribution in [2.24, 2.45) is 5.10 Å². The topological polar surface area (TPSA) is 67.5 Å². The monoisotopic (exact) mass is 273 g/mol. The van der Waals surface area contributed by atoms with Crippen LogP contribution in [0.3, 0.4) is 0 Å². The van der Waals surface area contributed by atoms with Gasteiger partial charge in [-0.15, -0.1) is 11.3 Å². The van der Waals surface area contributed by atoms with Crippen molar-refractivity contribution in [3.05, 3.63) is 62.3 Å². The number of nitro benzene ring substituents is 1. The Balaban J connectivity index is 1.87. The highest BCUT2D eigenvalue weighted by Crippen LogP contribution is 2.30. The van der Waals surface area contributed by atoms with Gasteiger partial charge in [0.1, 0.15) is 0 Å². The number of nitrogens with zero attached hydrogens (tertiary/aromatic N) is 2. The zero-order chi connectivity index (χ0) is 13.2. The third-order valence-electron chi connectivity index (χ3n) is 3.05. The van der Waals surface area contributed by atoms with E-state index in [1.165, 1.54) is 10.9 Å². The fourth-order valence-electron chi connectivity index (χ4n) is 2.14. The summed E-state index contributed by atoms with van der Waals surface area (Å²) in [6.45, 7) is 0. The first-order valence-corrected chi connectivity index (χ1v) is 6.73. The molecule has 0 saturated carbocycles. The molecule has 1 aliphatic heterocycles. The molecule has 6 heteroatoms. The van der Waals surface area contributed by atoms with Crippen molar-refractivity contribution >= 4 is 22.7 Å². The van der Waals surface area contributed by atoms with Gasteiger partial charge in [-0.3, -0.25) is 10.1 Å². The minimum Gasteiger partial charge on any atom is -0.301 e. The zero-order valence-corrected chi connectivity index (χ0v) is 10.8. The molecule has 0 fully saturated rings. The second-order valence-corrected chi connectivity index (χ2v) is 5.21. The lowest BCUT2D eigenvalue weighted by atomic mass is 10.0. The third-order valence-corrected chi connectivity index (χ3v) is 4.04. The molecular weight excluding hydrogens is 262 g/mol. The number of hydrogen-bond donors (Lipinski definition) is 1. The molecule has 0 amide bonds. The maximum absolute atomic E-state index is 11.0. The molecule has 1 aromatic heterocycles. The summed E-state index contributed by atoms with van der Waals surface area (Å²) in [5.74, 6) is 0. The Kier molecular flexibility index (Phi) is 3.00. The van der Waals surface area contributed by atoms with Gasteiger partial charge in [-0.25, -0.2) is 0 Å². The average Bonchev–Trinajstić information content (AvgIpc) is 3.09. The predicted molar refractivity (Wildman–Crippen MR) is 74.4 cm³/mol. The number of para-hydroxylation sites is 1. The van der Waals surface area contributed by atoms with Gasteiger partial charge in [-0.2, -0.15) is 5.10 Å². The lowest BCUT2D eigenvalue weighted by Gasteiger charge is -2.06. The summed E-state index contributed by atoms with van der Waals surface area (Å²) in [4.78, 5) is 11.8. The minimum absolute atomic E-state index is 0.106. The molecule has 1 N–H and O–H groups in total. The van der Waals surface area contributed by atoms with Crippen molar-refractivity contribution < 1.29 is 4.92 Å². The molecule has 2 aromatic rings. The number of rotatable bonds is 3. The summed E-state index contributed by atoms with van der Waals surface area (Å²) >= 11 is 1.66. The van der Waals surface area contributed by atoms with Crippen LogP contribution in [0.4, 0.5) is 5.69 Å². The van der Waals surface area contributed by atoms with Crippen molar-refractivity contribution in [2.45, 2.75) is 12.5 Å². The van der Waals surface area contributed by atoms with Crippen molar-refractivity contribution in [3.63, 3.8) is 0 Å². The highest BCUT2D eigenvalue weighted by molar-refractivity contribution is 7.10. The molecule has 1 atom stereocenters. The molecule has 1 unspecified atom stereocenters. The van der Waals surface area contributed by atoms with E-state index in [0.29, 0.717) is 12.0 Å². The molecule has 3 rings (SSSR count). The van der Waals surface area contributed by atoms with E-state index in [4.69, 9.17) is 0 Å². The number of hydrogen-bond acceptors (Lipinski definition) is 5. The number of nitrogens with one attached hydrogen (secondary N) is 1. The summed E-state index contributed by atoms with van der Waals surface area (Å²) in [7, 11) is 0. The van der Waals surface area contributed by atoms with Crippen molar-refractivity contribution in [1.82, 2.24) is 5.43 Å². The normalized spacial score (nSPS) is 17.9. The van der Waals surface area contributed by atoms with Crippen LogP contribution in [0.25, 0.3) is 0 Å². The second kappa shape index (κ2) is 4.81. The molecule has 5 nitrogen and oxygen atoms in total. The van der Waals surface area contributed by atoms with E-state index in [-0.39, 0.29) is 16.7 Å². The van der Waals surface area contributed by atoms with Crippen molar-refractivity contribution in [3.8, 4) is 0 Å². The highest BCUT2D eigenvalue weighted by atomic mass is 32.1. The fraction of sp³-hybridized carbons (Fsp3) is 0.154. The fourth-order valence-corrected chi connectivity index (χ4v) is 2.91. The van der Waals surface area contributed by atoms with Crippen LogP contribution in [0.1, 0.15) is 22.9 Å². The van der Waals surface area contributed by atoms with Gasteiger partial charge in [-0.05, 0) is 17.5 Å².